The number of benzene rings is 1. The molecule has 3 rings (SSSR count). The van der Waals surface area contributed by atoms with E-state index in [0.29, 0.717) is 13.1 Å². The lowest BCUT2D eigenvalue weighted by Gasteiger charge is -2.11. The summed E-state index contributed by atoms with van der Waals surface area (Å²) in [6.45, 7) is 5.48. The van der Waals surface area contributed by atoms with Gasteiger partial charge < -0.3 is 10.6 Å². The van der Waals surface area contributed by atoms with E-state index in [4.69, 9.17) is 0 Å². The first-order valence-corrected chi connectivity index (χ1v) is 7.53. The van der Waals surface area contributed by atoms with Crippen LogP contribution < -0.4 is 10.6 Å². The van der Waals surface area contributed by atoms with Gasteiger partial charge in [0.15, 0.2) is 0 Å². The molecule has 4 heteroatoms. The van der Waals surface area contributed by atoms with Gasteiger partial charge in [-0.25, -0.2) is 4.98 Å². The zero-order valence-corrected chi connectivity index (χ0v) is 12.6. The number of aromatic nitrogens is 1. The minimum absolute atomic E-state index is 0.190. The van der Waals surface area contributed by atoms with Crippen molar-refractivity contribution in [3.8, 4) is 0 Å². The summed E-state index contributed by atoms with van der Waals surface area (Å²) in [4.78, 5) is 16.2. The molecule has 0 bridgehead atoms. The fourth-order valence-corrected chi connectivity index (χ4v) is 2.44. The molecule has 0 saturated heterocycles. The Morgan fingerprint density at radius 1 is 1.24 bits per heavy atom. The Hall–Kier alpha value is -2.10. The van der Waals surface area contributed by atoms with E-state index in [1.165, 1.54) is 10.9 Å². The van der Waals surface area contributed by atoms with E-state index >= 15 is 0 Å². The van der Waals surface area contributed by atoms with Gasteiger partial charge in [0.25, 0.3) is 0 Å². The SMILES string of the molecule is Cc1ccc2nc(NCCNC(=O)C3CC3)c(C)cc2c1. The van der Waals surface area contributed by atoms with Crippen LogP contribution in [0.5, 0.6) is 0 Å². The summed E-state index contributed by atoms with van der Waals surface area (Å²) in [7, 11) is 0. The second-order valence-corrected chi connectivity index (χ2v) is 5.84. The lowest BCUT2D eigenvalue weighted by Crippen LogP contribution is -2.30. The molecule has 1 saturated carbocycles. The highest BCUT2D eigenvalue weighted by Crippen LogP contribution is 2.28. The van der Waals surface area contributed by atoms with Crippen molar-refractivity contribution in [3.63, 3.8) is 0 Å². The quantitative estimate of drug-likeness (QED) is 0.830. The maximum absolute atomic E-state index is 11.5. The zero-order chi connectivity index (χ0) is 14.8. The van der Waals surface area contributed by atoms with Crippen molar-refractivity contribution in [2.75, 3.05) is 18.4 Å². The summed E-state index contributed by atoms with van der Waals surface area (Å²) in [5, 5.41) is 7.43. The first kappa shape index (κ1) is 13.9. The van der Waals surface area contributed by atoms with Crippen LogP contribution in [0.1, 0.15) is 24.0 Å². The number of rotatable bonds is 5. The molecule has 4 nitrogen and oxygen atoms in total. The fourth-order valence-electron chi connectivity index (χ4n) is 2.44. The second kappa shape index (κ2) is 5.72. The lowest BCUT2D eigenvalue weighted by atomic mass is 10.1. The van der Waals surface area contributed by atoms with Crippen LogP contribution in [-0.4, -0.2) is 24.0 Å². The predicted octanol–water partition coefficient (Wildman–Crippen LogP) is 2.79. The van der Waals surface area contributed by atoms with Crippen LogP contribution in [0.4, 0.5) is 5.82 Å². The van der Waals surface area contributed by atoms with Gasteiger partial charge in [-0.3, -0.25) is 4.79 Å². The Bertz CT molecular complexity index is 677. The van der Waals surface area contributed by atoms with Crippen LogP contribution in [-0.2, 0) is 4.79 Å². The van der Waals surface area contributed by atoms with E-state index in [9.17, 15) is 4.79 Å². The molecule has 21 heavy (non-hydrogen) atoms. The van der Waals surface area contributed by atoms with Crippen molar-refractivity contribution < 1.29 is 4.79 Å². The molecule has 0 spiro atoms. The Morgan fingerprint density at radius 2 is 2.05 bits per heavy atom. The van der Waals surface area contributed by atoms with Crippen molar-refractivity contribution in [1.82, 2.24) is 10.3 Å². The minimum Gasteiger partial charge on any atom is -0.368 e. The van der Waals surface area contributed by atoms with E-state index in [0.717, 1.165) is 29.7 Å². The van der Waals surface area contributed by atoms with Gasteiger partial charge in [0.05, 0.1) is 5.52 Å². The van der Waals surface area contributed by atoms with Crippen molar-refractivity contribution in [1.29, 1.82) is 0 Å². The normalized spacial score (nSPS) is 14.2. The molecule has 0 radical (unpaired) electrons. The van der Waals surface area contributed by atoms with E-state index < -0.39 is 0 Å². The molecule has 1 aliphatic carbocycles. The van der Waals surface area contributed by atoms with E-state index in [2.05, 4.69) is 47.7 Å². The van der Waals surface area contributed by atoms with Crippen LogP contribution in [0.2, 0.25) is 0 Å². The van der Waals surface area contributed by atoms with E-state index in [-0.39, 0.29) is 11.8 Å². The number of amides is 1. The number of pyridine rings is 1. The van der Waals surface area contributed by atoms with Gasteiger partial charge in [0.2, 0.25) is 5.91 Å². The van der Waals surface area contributed by atoms with Gasteiger partial charge in [-0.05, 0) is 50.5 Å². The largest absolute Gasteiger partial charge is 0.368 e. The van der Waals surface area contributed by atoms with E-state index in [1.54, 1.807) is 0 Å². The molecule has 110 valence electrons. The Kier molecular flexibility index (Phi) is 3.78. The highest BCUT2D eigenvalue weighted by atomic mass is 16.2. The van der Waals surface area contributed by atoms with Crippen LogP contribution >= 0.6 is 0 Å². The van der Waals surface area contributed by atoms with Crippen molar-refractivity contribution in [3.05, 3.63) is 35.4 Å². The number of carbonyl (C=O) groups is 1. The number of anilines is 1. The third-order valence-electron chi connectivity index (χ3n) is 3.83. The van der Waals surface area contributed by atoms with Crippen molar-refractivity contribution >= 4 is 22.6 Å². The second-order valence-electron chi connectivity index (χ2n) is 5.84. The topological polar surface area (TPSA) is 54.0 Å². The summed E-state index contributed by atoms with van der Waals surface area (Å²) >= 11 is 0. The van der Waals surface area contributed by atoms with Gasteiger partial charge in [0, 0.05) is 24.4 Å². The molecule has 2 aromatic rings. The van der Waals surface area contributed by atoms with Crippen molar-refractivity contribution in [2.45, 2.75) is 26.7 Å². The molecular formula is C17H21N3O. The van der Waals surface area contributed by atoms with Crippen LogP contribution in [0.15, 0.2) is 24.3 Å². The number of aryl methyl sites for hydroxylation is 2. The summed E-state index contributed by atoms with van der Waals surface area (Å²) in [6, 6.07) is 8.42. The maximum atomic E-state index is 11.5. The number of carbonyl (C=O) groups excluding carboxylic acids is 1. The molecule has 1 aromatic heterocycles. The fraction of sp³-hybridized carbons (Fsp3) is 0.412. The lowest BCUT2D eigenvalue weighted by molar-refractivity contribution is -0.122. The standard InChI is InChI=1S/C17H21N3O/c1-11-3-6-15-14(9-11)10-12(2)16(20-15)18-7-8-19-17(21)13-4-5-13/h3,6,9-10,13H,4-5,7-8H2,1-2H3,(H,18,20)(H,19,21). The summed E-state index contributed by atoms with van der Waals surface area (Å²) in [5.74, 6) is 1.36. The monoisotopic (exact) mass is 283 g/mol. The number of hydrogen-bond acceptors (Lipinski definition) is 3. The van der Waals surface area contributed by atoms with E-state index in [1.807, 2.05) is 6.07 Å². The van der Waals surface area contributed by atoms with Crippen LogP contribution in [0.25, 0.3) is 10.9 Å². The van der Waals surface area contributed by atoms with Gasteiger partial charge in [-0.1, -0.05) is 11.6 Å². The molecule has 0 unspecified atom stereocenters. The first-order chi connectivity index (χ1) is 10.1. The molecule has 1 aliphatic rings. The average Bonchev–Trinajstić information content (AvgIpc) is 3.28. The van der Waals surface area contributed by atoms with Gasteiger partial charge in [0.1, 0.15) is 5.82 Å². The number of nitrogens with one attached hydrogen (secondary N) is 2. The maximum Gasteiger partial charge on any atom is 0.223 e. The summed E-state index contributed by atoms with van der Waals surface area (Å²) in [6.07, 6.45) is 2.09. The first-order valence-electron chi connectivity index (χ1n) is 7.53. The highest BCUT2D eigenvalue weighted by Gasteiger charge is 2.28. The third-order valence-corrected chi connectivity index (χ3v) is 3.83. The number of fused-ring (bicyclic) bond motifs is 1. The van der Waals surface area contributed by atoms with Gasteiger partial charge in [-0.2, -0.15) is 0 Å². The smallest absolute Gasteiger partial charge is 0.223 e. The number of hydrogen-bond donors (Lipinski definition) is 2. The summed E-state index contributed by atoms with van der Waals surface area (Å²) in [5.41, 5.74) is 3.37. The Morgan fingerprint density at radius 3 is 2.81 bits per heavy atom. The molecule has 0 atom stereocenters. The highest BCUT2D eigenvalue weighted by molar-refractivity contribution is 5.82. The number of nitrogens with zero attached hydrogens (tertiary/aromatic N) is 1. The minimum atomic E-state index is 0.190. The average molecular weight is 283 g/mol. The molecule has 2 N–H and O–H groups in total. The Labute approximate surface area is 125 Å². The van der Waals surface area contributed by atoms with Gasteiger partial charge >= 0.3 is 0 Å². The zero-order valence-electron chi connectivity index (χ0n) is 12.6. The van der Waals surface area contributed by atoms with Crippen molar-refractivity contribution in [2.24, 2.45) is 5.92 Å². The molecule has 0 aliphatic heterocycles. The third kappa shape index (κ3) is 3.32. The molecular weight excluding hydrogens is 262 g/mol. The molecule has 1 fully saturated rings. The molecule has 1 amide bonds. The van der Waals surface area contributed by atoms with Crippen LogP contribution in [0.3, 0.4) is 0 Å². The predicted molar refractivity (Wildman–Crippen MR) is 85.4 cm³/mol. The summed E-state index contributed by atoms with van der Waals surface area (Å²) < 4.78 is 0. The molecule has 1 heterocycles. The van der Waals surface area contributed by atoms with Gasteiger partial charge in [-0.15, -0.1) is 0 Å². The molecule has 1 aromatic carbocycles. The Balaban J connectivity index is 1.61. The van der Waals surface area contributed by atoms with Crippen LogP contribution in [0, 0.1) is 19.8 Å².